The summed E-state index contributed by atoms with van der Waals surface area (Å²) in [6.45, 7) is 5.95. The minimum Gasteiger partial charge on any atom is -0.361 e. The summed E-state index contributed by atoms with van der Waals surface area (Å²) in [6, 6.07) is 0. The molecule has 0 atom stereocenters. The van der Waals surface area contributed by atoms with Crippen LogP contribution >= 0.6 is 0 Å². The molecule has 1 amide bonds. The molecule has 0 spiro atoms. The Balaban J connectivity index is 4.01. The van der Waals surface area contributed by atoms with Gasteiger partial charge in [0.1, 0.15) is 13.5 Å². The van der Waals surface area contributed by atoms with Crippen molar-refractivity contribution in [3.63, 3.8) is 0 Å². The third-order valence-electron chi connectivity index (χ3n) is 1.71. The normalized spacial score (nSPS) is 10.7. The third-order valence-corrected chi connectivity index (χ3v) is 1.71. The van der Waals surface area contributed by atoms with E-state index in [1.165, 1.54) is 0 Å². The highest BCUT2D eigenvalue weighted by molar-refractivity contribution is 5.77. The van der Waals surface area contributed by atoms with Crippen LogP contribution in [0.25, 0.3) is 0 Å². The lowest BCUT2D eigenvalue weighted by Crippen LogP contribution is -2.40. The predicted molar refractivity (Wildman–Crippen MR) is 58.4 cm³/mol. The average molecular weight is 218 g/mol. The summed E-state index contributed by atoms with van der Waals surface area (Å²) in [7, 11) is 3.72. The van der Waals surface area contributed by atoms with E-state index in [0.29, 0.717) is 33.2 Å². The van der Waals surface area contributed by atoms with Gasteiger partial charge in [-0.25, -0.2) is 0 Å². The van der Waals surface area contributed by atoms with Crippen LogP contribution in [0.15, 0.2) is 0 Å². The molecule has 0 aromatic carbocycles. The number of hydrogen-bond acceptors (Lipinski definition) is 4. The summed E-state index contributed by atoms with van der Waals surface area (Å²) in [5.41, 5.74) is 0. The van der Waals surface area contributed by atoms with Gasteiger partial charge in [-0.1, -0.05) is 0 Å². The summed E-state index contributed by atoms with van der Waals surface area (Å²) in [5.74, 6) is 0.0156. The molecule has 0 saturated heterocycles. The number of carbonyl (C=O) groups excluding carboxylic acids is 1. The highest BCUT2D eigenvalue weighted by atomic mass is 16.5. The lowest BCUT2D eigenvalue weighted by Gasteiger charge is -2.23. The molecule has 0 aliphatic carbocycles. The van der Waals surface area contributed by atoms with Crippen molar-refractivity contribution in [2.24, 2.45) is 0 Å². The fourth-order valence-electron chi connectivity index (χ4n) is 0.955. The fraction of sp³-hybridized carbons (Fsp3) is 0.900. The molecule has 5 nitrogen and oxygen atoms in total. The van der Waals surface area contributed by atoms with Gasteiger partial charge in [-0.05, 0) is 27.9 Å². The van der Waals surface area contributed by atoms with Gasteiger partial charge in [-0.2, -0.15) is 0 Å². The lowest BCUT2D eigenvalue weighted by atomic mass is 10.5. The van der Waals surface area contributed by atoms with Crippen molar-refractivity contribution in [2.75, 3.05) is 47.3 Å². The quantitative estimate of drug-likeness (QED) is 0.552. The Labute approximate surface area is 91.9 Å². The Morgan fingerprint density at radius 2 is 1.53 bits per heavy atom. The van der Waals surface area contributed by atoms with Gasteiger partial charge in [0.15, 0.2) is 0 Å². The summed E-state index contributed by atoms with van der Waals surface area (Å²) in [4.78, 5) is 15.1. The molecule has 0 bridgehead atoms. The first kappa shape index (κ1) is 14.3. The van der Waals surface area contributed by atoms with Crippen LogP contribution in [-0.4, -0.2) is 63.0 Å². The summed E-state index contributed by atoms with van der Waals surface area (Å²) in [5, 5.41) is 0. The smallest absolute Gasteiger partial charge is 0.240 e. The van der Waals surface area contributed by atoms with Crippen LogP contribution < -0.4 is 0 Å². The van der Waals surface area contributed by atoms with E-state index >= 15 is 0 Å². The molecule has 0 radical (unpaired) electrons. The van der Waals surface area contributed by atoms with Crippen molar-refractivity contribution in [2.45, 2.75) is 13.8 Å². The van der Waals surface area contributed by atoms with Crippen LogP contribution in [-0.2, 0) is 14.3 Å². The van der Waals surface area contributed by atoms with Crippen LogP contribution in [0.5, 0.6) is 0 Å². The first-order valence-electron chi connectivity index (χ1n) is 5.19. The monoisotopic (exact) mass is 218 g/mol. The maximum Gasteiger partial charge on any atom is 0.240 e. The molecule has 0 saturated carbocycles. The van der Waals surface area contributed by atoms with E-state index in [0.717, 1.165) is 0 Å². The molecule has 0 fully saturated rings. The van der Waals surface area contributed by atoms with Crippen LogP contribution in [0.4, 0.5) is 0 Å². The van der Waals surface area contributed by atoms with Gasteiger partial charge >= 0.3 is 0 Å². The van der Waals surface area contributed by atoms with E-state index in [1.54, 1.807) is 4.90 Å². The zero-order chi connectivity index (χ0) is 11.7. The Morgan fingerprint density at radius 1 is 1.07 bits per heavy atom. The van der Waals surface area contributed by atoms with Gasteiger partial charge in [0.25, 0.3) is 0 Å². The molecule has 0 aromatic rings. The molecule has 90 valence electrons. The molecule has 0 aliphatic rings. The van der Waals surface area contributed by atoms with Crippen LogP contribution in [0, 0.1) is 0 Å². The van der Waals surface area contributed by atoms with Crippen molar-refractivity contribution in [1.29, 1.82) is 0 Å². The number of ether oxygens (including phenoxy) is 2. The molecule has 0 N–H and O–H groups in total. The van der Waals surface area contributed by atoms with E-state index in [2.05, 4.69) is 0 Å². The second kappa shape index (κ2) is 8.64. The van der Waals surface area contributed by atoms with Crippen LogP contribution in [0.1, 0.15) is 13.8 Å². The Bertz CT molecular complexity index is 166. The van der Waals surface area contributed by atoms with Gasteiger partial charge in [0.2, 0.25) is 5.91 Å². The van der Waals surface area contributed by atoms with Crippen molar-refractivity contribution in [3.05, 3.63) is 0 Å². The maximum absolute atomic E-state index is 11.7. The van der Waals surface area contributed by atoms with Crippen molar-refractivity contribution in [3.8, 4) is 0 Å². The minimum absolute atomic E-state index is 0.0156. The Kier molecular flexibility index (Phi) is 8.27. The third kappa shape index (κ3) is 7.30. The number of rotatable bonds is 8. The molecule has 5 heteroatoms. The second-order valence-corrected chi connectivity index (χ2v) is 3.42. The zero-order valence-corrected chi connectivity index (χ0v) is 10.2. The van der Waals surface area contributed by atoms with E-state index in [1.807, 2.05) is 32.8 Å². The van der Waals surface area contributed by atoms with Gasteiger partial charge < -0.3 is 14.4 Å². The zero-order valence-electron chi connectivity index (χ0n) is 10.2. The van der Waals surface area contributed by atoms with E-state index < -0.39 is 0 Å². The second-order valence-electron chi connectivity index (χ2n) is 3.42. The number of amides is 1. The fourth-order valence-corrected chi connectivity index (χ4v) is 0.955. The summed E-state index contributed by atoms with van der Waals surface area (Å²) < 4.78 is 10.4. The first-order chi connectivity index (χ1) is 7.11. The summed E-state index contributed by atoms with van der Waals surface area (Å²) >= 11 is 0. The summed E-state index contributed by atoms with van der Waals surface area (Å²) in [6.07, 6.45) is 0. The molecule has 15 heavy (non-hydrogen) atoms. The molecule has 0 aromatic heterocycles. The average Bonchev–Trinajstić information content (AvgIpc) is 2.17. The van der Waals surface area contributed by atoms with Crippen LogP contribution in [0.3, 0.4) is 0 Å². The van der Waals surface area contributed by atoms with Gasteiger partial charge in [-0.3, -0.25) is 9.69 Å². The Hall–Kier alpha value is -0.650. The molecule has 0 aliphatic heterocycles. The Morgan fingerprint density at radius 3 is 1.87 bits per heavy atom. The predicted octanol–water partition coefficient (Wildman–Crippen LogP) is 0.365. The standard InChI is InChI=1S/C10H22N2O3/c1-5-14-8-12(9-15-6-2)10(13)7-11(3)4/h5-9H2,1-4H3. The molecule has 0 unspecified atom stereocenters. The molecular weight excluding hydrogens is 196 g/mol. The van der Waals surface area contributed by atoms with Crippen molar-refractivity contribution in [1.82, 2.24) is 9.80 Å². The van der Waals surface area contributed by atoms with Crippen LogP contribution in [0.2, 0.25) is 0 Å². The van der Waals surface area contributed by atoms with E-state index in [-0.39, 0.29) is 5.91 Å². The maximum atomic E-state index is 11.7. The SMILES string of the molecule is CCOCN(COCC)C(=O)CN(C)C. The number of hydrogen-bond donors (Lipinski definition) is 0. The lowest BCUT2D eigenvalue weighted by molar-refractivity contribution is -0.145. The van der Waals surface area contributed by atoms with Gasteiger partial charge in [0, 0.05) is 13.2 Å². The van der Waals surface area contributed by atoms with E-state index in [9.17, 15) is 4.79 Å². The highest BCUT2D eigenvalue weighted by Gasteiger charge is 2.13. The minimum atomic E-state index is 0.0156. The molecular formula is C10H22N2O3. The van der Waals surface area contributed by atoms with Gasteiger partial charge in [-0.15, -0.1) is 0 Å². The number of carbonyl (C=O) groups is 1. The first-order valence-corrected chi connectivity index (χ1v) is 5.19. The van der Waals surface area contributed by atoms with Crippen molar-refractivity contribution < 1.29 is 14.3 Å². The highest BCUT2D eigenvalue weighted by Crippen LogP contribution is 1.94. The van der Waals surface area contributed by atoms with Crippen molar-refractivity contribution >= 4 is 5.91 Å². The topological polar surface area (TPSA) is 42.0 Å². The van der Waals surface area contributed by atoms with E-state index in [4.69, 9.17) is 9.47 Å². The number of nitrogens with zero attached hydrogens (tertiary/aromatic N) is 2. The number of likely N-dealkylation sites (N-methyl/N-ethyl adjacent to an activating group) is 1. The van der Waals surface area contributed by atoms with Gasteiger partial charge in [0.05, 0.1) is 6.54 Å². The molecule has 0 heterocycles. The molecule has 0 rings (SSSR count). The largest absolute Gasteiger partial charge is 0.361 e.